The first-order valence-electron chi connectivity index (χ1n) is 6.23. The normalized spacial score (nSPS) is 28.2. The molecular formula is C13H22N2S. The van der Waals surface area contributed by atoms with Gasteiger partial charge in [0.25, 0.3) is 0 Å². The fourth-order valence-electron chi connectivity index (χ4n) is 2.68. The van der Waals surface area contributed by atoms with Crippen molar-refractivity contribution in [1.82, 2.24) is 4.90 Å². The van der Waals surface area contributed by atoms with Gasteiger partial charge in [-0.05, 0) is 55.6 Å². The van der Waals surface area contributed by atoms with E-state index in [-0.39, 0.29) is 0 Å². The Bertz CT molecular complexity index is 308. The first kappa shape index (κ1) is 12.1. The zero-order valence-electron chi connectivity index (χ0n) is 10.2. The van der Waals surface area contributed by atoms with Crippen LogP contribution in [0, 0.1) is 0 Å². The molecule has 90 valence electrons. The molecule has 0 bridgehead atoms. The summed E-state index contributed by atoms with van der Waals surface area (Å²) in [6, 6.07) is 3.53. The van der Waals surface area contributed by atoms with Crippen LogP contribution in [0.3, 0.4) is 0 Å². The van der Waals surface area contributed by atoms with Gasteiger partial charge in [0.2, 0.25) is 0 Å². The second-order valence-corrected chi connectivity index (χ2v) is 5.77. The van der Waals surface area contributed by atoms with E-state index in [2.05, 4.69) is 35.6 Å². The van der Waals surface area contributed by atoms with E-state index >= 15 is 0 Å². The van der Waals surface area contributed by atoms with Crippen LogP contribution < -0.4 is 5.73 Å². The molecule has 1 aromatic rings. The zero-order chi connectivity index (χ0) is 11.5. The van der Waals surface area contributed by atoms with Gasteiger partial charge >= 0.3 is 0 Å². The lowest BCUT2D eigenvalue weighted by Crippen LogP contribution is -2.43. The number of hydrogen-bond acceptors (Lipinski definition) is 3. The zero-order valence-corrected chi connectivity index (χ0v) is 11.0. The Kier molecular flexibility index (Phi) is 4.00. The Morgan fingerprint density at radius 3 is 2.88 bits per heavy atom. The van der Waals surface area contributed by atoms with Crippen LogP contribution in [0.25, 0.3) is 0 Å². The van der Waals surface area contributed by atoms with Gasteiger partial charge in [0.05, 0.1) is 6.04 Å². The third kappa shape index (κ3) is 2.47. The van der Waals surface area contributed by atoms with Gasteiger partial charge < -0.3 is 5.73 Å². The van der Waals surface area contributed by atoms with Gasteiger partial charge in [-0.3, -0.25) is 4.90 Å². The second kappa shape index (κ2) is 5.30. The SMILES string of the molecule is CC(C)N1CCCCC(N)C1c1ccsc1. The molecule has 2 atom stereocenters. The third-order valence-corrected chi connectivity index (χ3v) is 4.22. The van der Waals surface area contributed by atoms with Crippen LogP contribution >= 0.6 is 11.3 Å². The van der Waals surface area contributed by atoms with E-state index in [4.69, 9.17) is 5.73 Å². The van der Waals surface area contributed by atoms with Crippen molar-refractivity contribution in [2.45, 2.75) is 51.2 Å². The number of nitrogens with zero attached hydrogens (tertiary/aromatic N) is 1. The Morgan fingerprint density at radius 2 is 2.25 bits per heavy atom. The molecule has 0 aromatic carbocycles. The van der Waals surface area contributed by atoms with Crippen LogP contribution in [0.2, 0.25) is 0 Å². The van der Waals surface area contributed by atoms with Gasteiger partial charge in [-0.1, -0.05) is 6.42 Å². The summed E-state index contributed by atoms with van der Waals surface area (Å²) in [7, 11) is 0. The Labute approximate surface area is 102 Å². The highest BCUT2D eigenvalue weighted by Crippen LogP contribution is 2.32. The maximum Gasteiger partial charge on any atom is 0.0510 e. The predicted octanol–water partition coefficient (Wildman–Crippen LogP) is 3.01. The van der Waals surface area contributed by atoms with Crippen LogP contribution in [0.15, 0.2) is 16.8 Å². The number of thiophene rings is 1. The van der Waals surface area contributed by atoms with Crippen LogP contribution in [0.1, 0.15) is 44.7 Å². The van der Waals surface area contributed by atoms with Crippen LogP contribution in [-0.2, 0) is 0 Å². The molecule has 0 radical (unpaired) electrons. The largest absolute Gasteiger partial charge is 0.326 e. The third-order valence-electron chi connectivity index (χ3n) is 3.51. The molecule has 1 aliphatic heterocycles. The lowest BCUT2D eigenvalue weighted by molar-refractivity contribution is 0.144. The smallest absolute Gasteiger partial charge is 0.0510 e. The fourth-order valence-corrected chi connectivity index (χ4v) is 3.37. The molecule has 2 nitrogen and oxygen atoms in total. The van der Waals surface area contributed by atoms with E-state index in [1.54, 1.807) is 11.3 Å². The van der Waals surface area contributed by atoms with E-state index in [9.17, 15) is 0 Å². The molecule has 2 unspecified atom stereocenters. The lowest BCUT2D eigenvalue weighted by atomic mass is 9.98. The van der Waals surface area contributed by atoms with E-state index in [0.29, 0.717) is 18.1 Å². The van der Waals surface area contributed by atoms with Crippen molar-refractivity contribution >= 4 is 11.3 Å². The van der Waals surface area contributed by atoms with Crippen molar-refractivity contribution in [3.8, 4) is 0 Å². The van der Waals surface area contributed by atoms with Crippen molar-refractivity contribution in [2.24, 2.45) is 5.73 Å². The summed E-state index contributed by atoms with van der Waals surface area (Å²) in [5, 5.41) is 4.41. The molecule has 16 heavy (non-hydrogen) atoms. The minimum Gasteiger partial charge on any atom is -0.326 e. The second-order valence-electron chi connectivity index (χ2n) is 4.99. The topological polar surface area (TPSA) is 29.3 Å². The Balaban J connectivity index is 2.26. The summed E-state index contributed by atoms with van der Waals surface area (Å²) in [6.45, 7) is 5.74. The first-order valence-corrected chi connectivity index (χ1v) is 7.18. The highest BCUT2D eigenvalue weighted by molar-refractivity contribution is 7.07. The molecule has 1 aromatic heterocycles. The summed E-state index contributed by atoms with van der Waals surface area (Å²) in [4.78, 5) is 2.57. The molecule has 0 aliphatic carbocycles. The Hall–Kier alpha value is -0.380. The summed E-state index contributed by atoms with van der Waals surface area (Å²) in [5.74, 6) is 0. The van der Waals surface area contributed by atoms with E-state index in [1.165, 1.54) is 24.9 Å². The van der Waals surface area contributed by atoms with E-state index < -0.39 is 0 Å². The van der Waals surface area contributed by atoms with Crippen molar-refractivity contribution in [2.75, 3.05) is 6.54 Å². The van der Waals surface area contributed by atoms with Gasteiger partial charge in [0, 0.05) is 12.1 Å². The summed E-state index contributed by atoms with van der Waals surface area (Å²) >= 11 is 1.77. The Morgan fingerprint density at radius 1 is 1.44 bits per heavy atom. The number of rotatable bonds is 2. The highest BCUT2D eigenvalue weighted by atomic mass is 32.1. The molecule has 1 saturated heterocycles. The molecule has 0 saturated carbocycles. The monoisotopic (exact) mass is 238 g/mol. The quantitative estimate of drug-likeness (QED) is 0.858. The highest BCUT2D eigenvalue weighted by Gasteiger charge is 2.30. The minimum absolute atomic E-state index is 0.291. The molecule has 1 aliphatic rings. The van der Waals surface area contributed by atoms with Gasteiger partial charge in [0.15, 0.2) is 0 Å². The molecule has 0 spiro atoms. The van der Waals surface area contributed by atoms with Gasteiger partial charge in [-0.15, -0.1) is 0 Å². The van der Waals surface area contributed by atoms with Crippen molar-refractivity contribution < 1.29 is 0 Å². The maximum atomic E-state index is 6.36. The first-order chi connectivity index (χ1) is 7.70. The minimum atomic E-state index is 0.291. The van der Waals surface area contributed by atoms with Crippen molar-refractivity contribution in [1.29, 1.82) is 0 Å². The standard InChI is InChI=1S/C13H22N2S/c1-10(2)15-7-4-3-5-12(14)13(15)11-6-8-16-9-11/h6,8-10,12-13H,3-5,7,14H2,1-2H3. The number of hydrogen-bond donors (Lipinski definition) is 1. The van der Waals surface area contributed by atoms with Crippen LogP contribution in [0.4, 0.5) is 0 Å². The molecular weight excluding hydrogens is 216 g/mol. The molecule has 2 heterocycles. The number of likely N-dealkylation sites (tertiary alicyclic amines) is 1. The van der Waals surface area contributed by atoms with Crippen molar-refractivity contribution in [3.05, 3.63) is 22.4 Å². The average molecular weight is 238 g/mol. The number of nitrogens with two attached hydrogens (primary N) is 1. The van der Waals surface area contributed by atoms with Gasteiger partial charge in [-0.25, -0.2) is 0 Å². The molecule has 1 fully saturated rings. The van der Waals surface area contributed by atoms with Gasteiger partial charge in [0.1, 0.15) is 0 Å². The summed E-state index contributed by atoms with van der Waals surface area (Å²) < 4.78 is 0. The lowest BCUT2D eigenvalue weighted by Gasteiger charge is -2.36. The summed E-state index contributed by atoms with van der Waals surface area (Å²) in [6.07, 6.45) is 3.71. The van der Waals surface area contributed by atoms with Crippen LogP contribution in [0.5, 0.6) is 0 Å². The average Bonchev–Trinajstić information content (AvgIpc) is 2.68. The molecule has 2 rings (SSSR count). The van der Waals surface area contributed by atoms with E-state index in [0.717, 1.165) is 6.42 Å². The molecule has 2 N–H and O–H groups in total. The van der Waals surface area contributed by atoms with Crippen molar-refractivity contribution in [3.63, 3.8) is 0 Å². The molecule has 3 heteroatoms. The van der Waals surface area contributed by atoms with E-state index in [1.807, 2.05) is 0 Å². The fraction of sp³-hybridized carbons (Fsp3) is 0.692. The van der Waals surface area contributed by atoms with Crippen LogP contribution in [-0.4, -0.2) is 23.5 Å². The van der Waals surface area contributed by atoms with Gasteiger partial charge in [-0.2, -0.15) is 11.3 Å². The predicted molar refractivity (Wildman–Crippen MR) is 70.7 cm³/mol. The molecule has 0 amide bonds. The summed E-state index contributed by atoms with van der Waals surface area (Å²) in [5.41, 5.74) is 7.77. The maximum absolute atomic E-state index is 6.36.